The van der Waals surface area contributed by atoms with Crippen LogP contribution in [0, 0.1) is 47.4 Å². The molecule has 0 aromatic rings. The van der Waals surface area contributed by atoms with Crippen LogP contribution in [0.1, 0.15) is 0 Å². The molecule has 0 aliphatic rings. The number of nitrogens with zero attached hydrogens (tertiary/aromatic N) is 1. The van der Waals surface area contributed by atoms with Gasteiger partial charge >= 0.3 is 0 Å². The molecule has 0 aliphatic carbocycles. The molecule has 0 atom stereocenters. The highest BCUT2D eigenvalue weighted by Gasteiger charge is 1.51. The number of rotatable bonds is 0. The van der Waals surface area contributed by atoms with Crippen LogP contribution >= 0.6 is 0 Å². The van der Waals surface area contributed by atoms with Crippen LogP contribution in [0.4, 0.5) is 0 Å². The first kappa shape index (κ1) is 6.17. The normalized spacial score (nSPS) is 3.25. The minimum atomic E-state index is 1.57. The van der Waals surface area contributed by atoms with E-state index in [1.165, 1.54) is 0 Å². The molecule has 0 rings (SSSR count). The monoisotopic (exact) mass is 98.0 g/mol. The molecular formula is C7N. The maximum Gasteiger partial charge on any atom is 0.153 e. The van der Waals surface area contributed by atoms with Crippen molar-refractivity contribution in [2.24, 2.45) is 0 Å². The summed E-state index contributed by atoms with van der Waals surface area (Å²) in [5.41, 5.74) is 0. The molecule has 0 aromatic carbocycles. The topological polar surface area (TPSA) is 23.8 Å². The van der Waals surface area contributed by atoms with Gasteiger partial charge in [-0.25, -0.2) is 0 Å². The average molecular weight is 98.1 g/mol. The van der Waals surface area contributed by atoms with E-state index in [-0.39, 0.29) is 0 Å². The number of hydrogen-bond donors (Lipinski definition) is 0. The summed E-state index contributed by atoms with van der Waals surface area (Å²) in [5.74, 6) is 10.4. The van der Waals surface area contributed by atoms with Gasteiger partial charge in [0.25, 0.3) is 0 Å². The second kappa shape index (κ2) is 5.17. The summed E-state index contributed by atoms with van der Waals surface area (Å²) in [6.45, 7) is 0. The molecule has 1 nitrogen and oxygen atoms in total. The highest BCUT2D eigenvalue weighted by atomic mass is 14.2. The molecule has 1 radical (unpaired) electrons. The Morgan fingerprint density at radius 2 is 1.62 bits per heavy atom. The van der Waals surface area contributed by atoms with E-state index in [2.05, 4.69) is 17.8 Å². The van der Waals surface area contributed by atoms with E-state index >= 15 is 0 Å². The molecule has 0 aliphatic heterocycles. The summed E-state index contributed by atoms with van der Waals surface area (Å²) in [6.07, 6.45) is 6.26. The van der Waals surface area contributed by atoms with Crippen molar-refractivity contribution >= 4 is 0 Å². The molecule has 0 aromatic heterocycles. The first-order valence-electron chi connectivity index (χ1n) is 1.72. The highest BCUT2D eigenvalue weighted by molar-refractivity contribution is 5.36. The second-order valence-electron chi connectivity index (χ2n) is 0.737. The Labute approximate surface area is 48.3 Å². The number of hydrogen-bond acceptors (Lipinski definition) is 1. The Morgan fingerprint density at radius 3 is 2.12 bits per heavy atom. The molecule has 0 bridgehead atoms. The van der Waals surface area contributed by atoms with Crippen molar-refractivity contribution in [3.63, 3.8) is 0 Å². The maximum atomic E-state index is 7.81. The van der Waals surface area contributed by atoms with Crippen LogP contribution in [0.25, 0.3) is 0 Å². The quantitative estimate of drug-likeness (QED) is 0.394. The molecular weight excluding hydrogens is 98.1 g/mol. The van der Waals surface area contributed by atoms with Crippen molar-refractivity contribution in [3.8, 4) is 35.7 Å². The lowest BCUT2D eigenvalue weighted by Gasteiger charge is -1.47. The lowest BCUT2D eigenvalue weighted by Crippen LogP contribution is -1.48. The van der Waals surface area contributed by atoms with Crippen LogP contribution in [0.5, 0.6) is 0 Å². The molecule has 0 saturated carbocycles. The van der Waals surface area contributed by atoms with Gasteiger partial charge in [-0.2, -0.15) is 5.26 Å². The van der Waals surface area contributed by atoms with Gasteiger partial charge in [0.05, 0.1) is 0 Å². The van der Waals surface area contributed by atoms with E-state index in [0.717, 1.165) is 0 Å². The smallest absolute Gasteiger partial charge is 0.153 e. The lowest BCUT2D eigenvalue weighted by atomic mass is 10.5. The summed E-state index contributed by atoms with van der Waals surface area (Å²) in [5, 5.41) is 7.81. The fourth-order valence-electron chi connectivity index (χ4n) is 0.122. The van der Waals surface area contributed by atoms with Gasteiger partial charge in [-0.05, 0) is 0 Å². The SMILES string of the molecule is [C]#CC#CC#CC#N. The summed E-state index contributed by atoms with van der Waals surface area (Å²) in [7, 11) is 0. The molecule has 0 fully saturated rings. The van der Waals surface area contributed by atoms with Gasteiger partial charge in [0.1, 0.15) is 0 Å². The molecule has 0 heterocycles. The van der Waals surface area contributed by atoms with E-state index in [4.69, 9.17) is 11.7 Å². The lowest BCUT2D eigenvalue weighted by molar-refractivity contribution is 1.55. The van der Waals surface area contributed by atoms with Gasteiger partial charge in [-0.15, -0.1) is 0 Å². The fourth-order valence-corrected chi connectivity index (χ4v) is 0.122. The van der Waals surface area contributed by atoms with Gasteiger partial charge in [-0.1, -0.05) is 0 Å². The van der Waals surface area contributed by atoms with E-state index in [9.17, 15) is 0 Å². The van der Waals surface area contributed by atoms with Crippen LogP contribution in [-0.4, -0.2) is 0 Å². The van der Waals surface area contributed by atoms with Crippen molar-refractivity contribution in [1.29, 1.82) is 5.26 Å². The van der Waals surface area contributed by atoms with Crippen molar-refractivity contribution < 1.29 is 0 Å². The van der Waals surface area contributed by atoms with Crippen LogP contribution in [0.3, 0.4) is 0 Å². The van der Waals surface area contributed by atoms with Crippen LogP contribution < -0.4 is 0 Å². The van der Waals surface area contributed by atoms with Crippen molar-refractivity contribution in [3.05, 3.63) is 6.42 Å². The predicted octanol–water partition coefficient (Wildman–Crippen LogP) is 0.107. The van der Waals surface area contributed by atoms with Crippen molar-refractivity contribution in [2.45, 2.75) is 0 Å². The zero-order valence-corrected chi connectivity index (χ0v) is 3.95. The Morgan fingerprint density at radius 1 is 1.00 bits per heavy atom. The van der Waals surface area contributed by atoms with Crippen LogP contribution in [0.15, 0.2) is 0 Å². The Kier molecular flexibility index (Phi) is 3.99. The third-order valence-corrected chi connectivity index (χ3v) is 0.306. The van der Waals surface area contributed by atoms with Gasteiger partial charge in [0, 0.05) is 36.0 Å². The maximum absolute atomic E-state index is 7.81. The zero-order chi connectivity index (χ0) is 6.24. The third-order valence-electron chi connectivity index (χ3n) is 0.306. The molecule has 1 heteroatoms. The second-order valence-corrected chi connectivity index (χ2v) is 0.737. The Hall–Kier alpha value is -1.83. The third kappa shape index (κ3) is 4.17. The van der Waals surface area contributed by atoms with E-state index < -0.39 is 0 Å². The molecule has 0 unspecified atom stereocenters. The average Bonchev–Trinajstić information content (AvgIpc) is 1.81. The number of nitriles is 1. The standard InChI is InChI=1S/C7N/c1-2-3-4-5-6-7-8. The van der Waals surface area contributed by atoms with Crippen LogP contribution in [0.2, 0.25) is 0 Å². The van der Waals surface area contributed by atoms with Gasteiger partial charge in [0.15, 0.2) is 6.07 Å². The summed E-state index contributed by atoms with van der Waals surface area (Å²) in [6, 6.07) is 1.57. The molecule has 8 heavy (non-hydrogen) atoms. The predicted molar refractivity (Wildman–Crippen MR) is 28.3 cm³/mol. The molecule has 0 spiro atoms. The highest BCUT2D eigenvalue weighted by Crippen LogP contribution is 1.49. The van der Waals surface area contributed by atoms with E-state index in [1.807, 2.05) is 5.92 Å². The summed E-state index contributed by atoms with van der Waals surface area (Å²) in [4.78, 5) is 0. The van der Waals surface area contributed by atoms with Gasteiger partial charge in [0.2, 0.25) is 0 Å². The summed E-state index contributed by atoms with van der Waals surface area (Å²) < 4.78 is 0. The minimum Gasteiger partial charge on any atom is -0.183 e. The van der Waals surface area contributed by atoms with Crippen molar-refractivity contribution in [1.82, 2.24) is 0 Å². The largest absolute Gasteiger partial charge is 0.183 e. The zero-order valence-electron chi connectivity index (χ0n) is 3.95. The van der Waals surface area contributed by atoms with E-state index in [1.54, 1.807) is 12.0 Å². The summed E-state index contributed by atoms with van der Waals surface area (Å²) >= 11 is 0. The first-order chi connectivity index (χ1) is 3.91. The van der Waals surface area contributed by atoms with Gasteiger partial charge < -0.3 is 0 Å². The Balaban J connectivity index is 3.85. The molecule has 0 amide bonds. The Bertz CT molecular complexity index is 221. The van der Waals surface area contributed by atoms with Crippen LogP contribution in [-0.2, 0) is 0 Å². The minimum absolute atomic E-state index is 1.57. The fraction of sp³-hybridized carbons (Fsp3) is 0. The molecule has 33 valence electrons. The first-order valence-corrected chi connectivity index (χ1v) is 1.72. The van der Waals surface area contributed by atoms with Crippen molar-refractivity contribution in [2.75, 3.05) is 0 Å². The van der Waals surface area contributed by atoms with E-state index in [0.29, 0.717) is 0 Å². The molecule has 0 saturated heterocycles. The molecule has 0 N–H and O–H groups in total. The van der Waals surface area contributed by atoms with Gasteiger partial charge in [-0.3, -0.25) is 0 Å².